The summed E-state index contributed by atoms with van der Waals surface area (Å²) in [5.41, 5.74) is 4.98. The molecule has 0 unspecified atom stereocenters. The Hall–Kier alpha value is -1.99. The molecule has 2 N–H and O–H groups in total. The highest BCUT2D eigenvalue weighted by Gasteiger charge is 2.22. The van der Waals surface area contributed by atoms with E-state index in [0.29, 0.717) is 11.0 Å². The highest BCUT2D eigenvalue weighted by molar-refractivity contribution is 6.90. The fraction of sp³-hybridized carbons (Fsp3) is 0.214. The molecule has 0 aliphatic rings. The predicted octanol–water partition coefficient (Wildman–Crippen LogP) is 2.57. The van der Waals surface area contributed by atoms with E-state index in [1.807, 2.05) is 0 Å². The summed E-state index contributed by atoms with van der Waals surface area (Å²) in [5.74, 6) is -0.831. The van der Waals surface area contributed by atoms with Gasteiger partial charge >= 0.3 is 0 Å². The molecule has 0 aliphatic heterocycles. The quantitative estimate of drug-likeness (QED) is 0.664. The lowest BCUT2D eigenvalue weighted by Gasteiger charge is -2.18. The zero-order valence-electron chi connectivity index (χ0n) is 12.4. The summed E-state index contributed by atoms with van der Waals surface area (Å²) in [6, 6.07) is 7.48. The maximum atomic E-state index is 13.5. The third kappa shape index (κ3) is 3.80. The minimum Gasteiger partial charge on any atom is -0.280 e. The van der Waals surface area contributed by atoms with Gasteiger partial charge in [0.2, 0.25) is 0 Å². The molecule has 0 radical (unpaired) electrons. The monoisotopic (exact) mass is 338 g/mol. The molecule has 2 rings (SSSR count). The van der Waals surface area contributed by atoms with Crippen LogP contribution in [0.25, 0.3) is 0 Å². The van der Waals surface area contributed by atoms with Crippen molar-refractivity contribution in [1.29, 1.82) is 0 Å². The molecule has 0 aliphatic carbocycles. The third-order valence-corrected chi connectivity index (χ3v) is 5.41. The zero-order valence-corrected chi connectivity index (χ0v) is 14.2. The predicted molar refractivity (Wildman–Crippen MR) is 87.5 cm³/mol. The van der Waals surface area contributed by atoms with Crippen molar-refractivity contribution in [3.8, 4) is 0 Å². The molecule has 5 nitrogen and oxygen atoms in total. The van der Waals surface area contributed by atoms with E-state index in [2.05, 4.69) is 40.7 Å². The molecule has 1 amide bonds. The second kappa shape index (κ2) is 6.41. The van der Waals surface area contributed by atoms with Crippen LogP contribution in [0.4, 0.5) is 10.2 Å². The summed E-state index contributed by atoms with van der Waals surface area (Å²) in [7, 11) is -1.69. The second-order valence-electron chi connectivity index (χ2n) is 5.74. The molecule has 0 fully saturated rings. The van der Waals surface area contributed by atoms with Crippen LogP contribution in [0.3, 0.4) is 0 Å². The SMILES string of the molecule is C[Si](C)(C)c1cc(NNC(=O)c2ccccc2F)nnc1Cl. The Labute approximate surface area is 133 Å². The minimum atomic E-state index is -1.69. The van der Waals surface area contributed by atoms with E-state index < -0.39 is 19.8 Å². The molecule has 0 bridgehead atoms. The van der Waals surface area contributed by atoms with Crippen molar-refractivity contribution < 1.29 is 9.18 Å². The van der Waals surface area contributed by atoms with Gasteiger partial charge in [-0.1, -0.05) is 43.4 Å². The van der Waals surface area contributed by atoms with Crippen LogP contribution in [0.5, 0.6) is 0 Å². The van der Waals surface area contributed by atoms with Crippen molar-refractivity contribution in [3.05, 3.63) is 46.9 Å². The largest absolute Gasteiger partial charge is 0.280 e. The first kappa shape index (κ1) is 16.4. The number of benzene rings is 1. The standard InChI is InChI=1S/C14H16ClFN4OSi/c1-22(2,3)11-8-12(17-19-13(11)15)18-20-14(21)9-6-4-5-7-10(9)16/h4-8H,1-3H3,(H,17,18)(H,20,21). The van der Waals surface area contributed by atoms with Gasteiger partial charge in [-0.15, -0.1) is 10.2 Å². The molecule has 0 saturated heterocycles. The summed E-state index contributed by atoms with van der Waals surface area (Å²) >= 11 is 6.06. The maximum absolute atomic E-state index is 13.5. The molecule has 22 heavy (non-hydrogen) atoms. The number of carbonyl (C=O) groups excluding carboxylic acids is 1. The Morgan fingerprint density at radius 2 is 1.91 bits per heavy atom. The Morgan fingerprint density at radius 1 is 1.23 bits per heavy atom. The number of hydrogen-bond acceptors (Lipinski definition) is 4. The number of amides is 1. The second-order valence-corrected chi connectivity index (χ2v) is 11.1. The molecule has 1 aromatic carbocycles. The van der Waals surface area contributed by atoms with Gasteiger partial charge in [0.1, 0.15) is 5.82 Å². The first-order valence-electron chi connectivity index (χ1n) is 6.63. The van der Waals surface area contributed by atoms with Crippen LogP contribution in [0, 0.1) is 5.82 Å². The normalized spacial score (nSPS) is 11.1. The molecule has 1 aromatic heterocycles. The van der Waals surface area contributed by atoms with Gasteiger partial charge in [-0.05, 0) is 23.4 Å². The number of aromatic nitrogens is 2. The van der Waals surface area contributed by atoms with E-state index in [9.17, 15) is 9.18 Å². The molecule has 1 heterocycles. The fourth-order valence-electron chi connectivity index (χ4n) is 1.80. The van der Waals surface area contributed by atoms with Crippen molar-refractivity contribution in [1.82, 2.24) is 15.6 Å². The van der Waals surface area contributed by atoms with E-state index in [4.69, 9.17) is 11.6 Å². The molecule has 0 spiro atoms. The van der Waals surface area contributed by atoms with Crippen molar-refractivity contribution >= 4 is 36.6 Å². The number of hydrogen-bond donors (Lipinski definition) is 2. The third-order valence-electron chi connectivity index (χ3n) is 2.98. The van der Waals surface area contributed by atoms with Crippen LogP contribution in [-0.4, -0.2) is 24.2 Å². The molecule has 116 valence electrons. The van der Waals surface area contributed by atoms with E-state index in [-0.39, 0.29) is 5.56 Å². The first-order valence-corrected chi connectivity index (χ1v) is 10.5. The molecule has 8 heteroatoms. The highest BCUT2D eigenvalue weighted by atomic mass is 35.5. The smallest absolute Gasteiger partial charge is 0.272 e. The van der Waals surface area contributed by atoms with E-state index in [1.165, 1.54) is 18.2 Å². The van der Waals surface area contributed by atoms with Gasteiger partial charge in [0.25, 0.3) is 5.91 Å². The number of halogens is 2. The van der Waals surface area contributed by atoms with Crippen LogP contribution in [-0.2, 0) is 0 Å². The summed E-state index contributed by atoms with van der Waals surface area (Å²) in [5, 5.41) is 9.03. The summed E-state index contributed by atoms with van der Waals surface area (Å²) in [6.45, 7) is 6.37. The maximum Gasteiger partial charge on any atom is 0.272 e. The summed E-state index contributed by atoms with van der Waals surface area (Å²) in [4.78, 5) is 11.9. The average molecular weight is 339 g/mol. The number of nitrogens with zero attached hydrogens (tertiary/aromatic N) is 2. The van der Waals surface area contributed by atoms with Gasteiger partial charge in [0.05, 0.1) is 13.6 Å². The summed E-state index contributed by atoms with van der Waals surface area (Å²) in [6.07, 6.45) is 0. The number of rotatable bonds is 4. The number of hydrazine groups is 1. The van der Waals surface area contributed by atoms with E-state index in [1.54, 1.807) is 12.1 Å². The van der Waals surface area contributed by atoms with Gasteiger partial charge < -0.3 is 0 Å². The van der Waals surface area contributed by atoms with Gasteiger partial charge in [-0.2, -0.15) is 0 Å². The molecule has 0 atom stereocenters. The van der Waals surface area contributed by atoms with Crippen LogP contribution < -0.4 is 16.0 Å². The van der Waals surface area contributed by atoms with Gasteiger partial charge in [-0.25, -0.2) is 4.39 Å². The summed E-state index contributed by atoms with van der Waals surface area (Å²) < 4.78 is 13.5. The van der Waals surface area contributed by atoms with Crippen LogP contribution in [0.15, 0.2) is 30.3 Å². The van der Waals surface area contributed by atoms with Gasteiger partial charge in [-0.3, -0.25) is 15.6 Å². The van der Waals surface area contributed by atoms with Crippen LogP contribution in [0.1, 0.15) is 10.4 Å². The number of carbonyl (C=O) groups is 1. The zero-order chi connectivity index (χ0) is 16.3. The lowest BCUT2D eigenvalue weighted by Crippen LogP contribution is -2.40. The average Bonchev–Trinajstić information content (AvgIpc) is 2.45. The Balaban J connectivity index is 2.13. The van der Waals surface area contributed by atoms with Crippen LogP contribution in [0.2, 0.25) is 24.8 Å². The highest BCUT2D eigenvalue weighted by Crippen LogP contribution is 2.12. The number of nitrogens with one attached hydrogen (secondary N) is 2. The minimum absolute atomic E-state index is 0.0534. The first-order chi connectivity index (χ1) is 10.3. The molecular formula is C14H16ClFN4OSi. The van der Waals surface area contributed by atoms with Crippen molar-refractivity contribution in [2.45, 2.75) is 19.6 Å². The van der Waals surface area contributed by atoms with E-state index >= 15 is 0 Å². The van der Waals surface area contributed by atoms with E-state index in [0.717, 1.165) is 5.19 Å². The van der Waals surface area contributed by atoms with Crippen LogP contribution >= 0.6 is 11.6 Å². The van der Waals surface area contributed by atoms with Crippen molar-refractivity contribution in [2.75, 3.05) is 5.43 Å². The lowest BCUT2D eigenvalue weighted by atomic mass is 10.2. The fourth-order valence-corrected chi connectivity index (χ4v) is 3.98. The number of anilines is 1. The van der Waals surface area contributed by atoms with Crippen molar-refractivity contribution in [2.24, 2.45) is 0 Å². The molecule has 2 aromatic rings. The Bertz CT molecular complexity index is 705. The Kier molecular flexibility index (Phi) is 4.77. The molecule has 0 saturated carbocycles. The van der Waals surface area contributed by atoms with Gasteiger partial charge in [0.15, 0.2) is 11.0 Å². The van der Waals surface area contributed by atoms with Gasteiger partial charge in [0, 0.05) is 0 Å². The lowest BCUT2D eigenvalue weighted by molar-refractivity contribution is 0.0958. The Morgan fingerprint density at radius 3 is 2.55 bits per heavy atom. The topological polar surface area (TPSA) is 66.9 Å². The molecular weight excluding hydrogens is 323 g/mol. The van der Waals surface area contributed by atoms with Crippen molar-refractivity contribution in [3.63, 3.8) is 0 Å².